The highest BCUT2D eigenvalue weighted by molar-refractivity contribution is 5.87. The molecule has 30 heavy (non-hydrogen) atoms. The first kappa shape index (κ1) is 23.4. The van der Waals surface area contributed by atoms with Crippen LogP contribution in [0.3, 0.4) is 0 Å². The van der Waals surface area contributed by atoms with Gasteiger partial charge in [0.2, 0.25) is 11.8 Å². The van der Waals surface area contributed by atoms with E-state index in [2.05, 4.69) is 10.6 Å². The molecule has 0 aliphatic carbocycles. The van der Waals surface area contributed by atoms with Gasteiger partial charge in [0.1, 0.15) is 5.54 Å². The summed E-state index contributed by atoms with van der Waals surface area (Å²) in [4.78, 5) is 24.4. The fraction of sp³-hybridized carbons (Fsp3) is 0.364. The lowest BCUT2D eigenvalue weighted by Crippen LogP contribution is -2.53. The highest BCUT2D eigenvalue weighted by atomic mass is 19.4. The number of alkyl halides is 3. The third-order valence-electron chi connectivity index (χ3n) is 5.17. The van der Waals surface area contributed by atoms with Gasteiger partial charge in [0.25, 0.3) is 0 Å². The fourth-order valence-corrected chi connectivity index (χ4v) is 3.12. The molecule has 162 valence electrons. The topological polar surface area (TPSA) is 84.2 Å². The van der Waals surface area contributed by atoms with Crippen LogP contribution >= 0.6 is 0 Å². The lowest BCUT2D eigenvalue weighted by molar-refractivity contribution is -0.138. The van der Waals surface area contributed by atoms with Gasteiger partial charge in [-0.1, -0.05) is 49.4 Å². The number of primary amides is 1. The Morgan fingerprint density at radius 3 is 2.23 bits per heavy atom. The van der Waals surface area contributed by atoms with E-state index in [0.29, 0.717) is 6.54 Å². The van der Waals surface area contributed by atoms with E-state index in [9.17, 15) is 22.8 Å². The number of rotatable bonds is 9. The number of benzene rings is 2. The van der Waals surface area contributed by atoms with E-state index in [1.165, 1.54) is 19.1 Å². The molecule has 0 saturated heterocycles. The smallest absolute Gasteiger partial charge is 0.368 e. The van der Waals surface area contributed by atoms with Gasteiger partial charge in [-0.05, 0) is 36.6 Å². The summed E-state index contributed by atoms with van der Waals surface area (Å²) in [6.45, 7) is 3.50. The Morgan fingerprint density at radius 2 is 1.67 bits per heavy atom. The molecular weight excluding hydrogens is 395 g/mol. The van der Waals surface area contributed by atoms with Gasteiger partial charge in [0.05, 0.1) is 12.1 Å². The second-order valence-corrected chi connectivity index (χ2v) is 7.24. The predicted molar refractivity (Wildman–Crippen MR) is 108 cm³/mol. The molecule has 0 radical (unpaired) electrons. The van der Waals surface area contributed by atoms with Gasteiger partial charge in [-0.3, -0.25) is 14.9 Å². The standard InChI is InChI=1S/C22H26F3N3O2/c1-3-15(16-8-5-4-6-9-16)13-27-19(29)14-28-21(2,20(26)30)17-10-7-11-18(12-17)22(23,24)25/h4-12,15,28H,3,13-14H2,1-2H3,(H2,26,30)(H,27,29). The van der Waals surface area contributed by atoms with Crippen LogP contribution in [0.25, 0.3) is 0 Å². The molecule has 2 unspecified atom stereocenters. The molecule has 0 heterocycles. The van der Waals surface area contributed by atoms with Crippen LogP contribution in [0.15, 0.2) is 54.6 Å². The molecule has 0 spiro atoms. The van der Waals surface area contributed by atoms with Crippen molar-refractivity contribution in [3.63, 3.8) is 0 Å². The van der Waals surface area contributed by atoms with Crippen LogP contribution in [0.2, 0.25) is 0 Å². The molecule has 0 aliphatic rings. The van der Waals surface area contributed by atoms with Gasteiger partial charge in [0.15, 0.2) is 0 Å². The minimum atomic E-state index is -4.56. The predicted octanol–water partition coefficient (Wildman–Crippen LogP) is 3.31. The van der Waals surface area contributed by atoms with Crippen molar-refractivity contribution in [3.8, 4) is 0 Å². The Hall–Kier alpha value is -2.87. The van der Waals surface area contributed by atoms with E-state index < -0.39 is 23.2 Å². The molecule has 2 aromatic rings. The van der Waals surface area contributed by atoms with Crippen LogP contribution < -0.4 is 16.4 Å². The molecule has 0 fully saturated rings. The number of carbonyl (C=O) groups excluding carboxylic acids is 2. The lowest BCUT2D eigenvalue weighted by Gasteiger charge is -2.28. The SMILES string of the molecule is CCC(CNC(=O)CNC(C)(C(N)=O)c1cccc(C(F)(F)F)c1)c1ccccc1. The Morgan fingerprint density at radius 1 is 1.03 bits per heavy atom. The van der Waals surface area contributed by atoms with E-state index in [4.69, 9.17) is 5.73 Å². The van der Waals surface area contributed by atoms with Gasteiger partial charge >= 0.3 is 6.18 Å². The van der Waals surface area contributed by atoms with Crippen LogP contribution in [0.1, 0.15) is 42.9 Å². The zero-order valence-electron chi connectivity index (χ0n) is 16.9. The van der Waals surface area contributed by atoms with E-state index in [1.807, 2.05) is 37.3 Å². The number of hydrogen-bond donors (Lipinski definition) is 3. The maximum atomic E-state index is 13.0. The summed E-state index contributed by atoms with van der Waals surface area (Å²) in [6, 6.07) is 14.1. The number of nitrogens with two attached hydrogens (primary N) is 1. The van der Waals surface area contributed by atoms with Gasteiger partial charge in [-0.2, -0.15) is 13.2 Å². The average Bonchev–Trinajstić information content (AvgIpc) is 2.72. The summed E-state index contributed by atoms with van der Waals surface area (Å²) in [5.74, 6) is -1.14. The number of halogens is 3. The Balaban J connectivity index is 2.05. The zero-order valence-corrected chi connectivity index (χ0v) is 16.9. The van der Waals surface area contributed by atoms with Crippen molar-refractivity contribution in [1.82, 2.24) is 10.6 Å². The van der Waals surface area contributed by atoms with Crippen molar-refractivity contribution in [3.05, 3.63) is 71.3 Å². The molecule has 0 aliphatic heterocycles. The van der Waals surface area contributed by atoms with Crippen molar-refractivity contribution < 1.29 is 22.8 Å². The number of amides is 2. The maximum Gasteiger partial charge on any atom is 0.416 e. The molecule has 5 nitrogen and oxygen atoms in total. The summed E-state index contributed by atoms with van der Waals surface area (Å²) in [5, 5.41) is 5.52. The number of carbonyl (C=O) groups is 2. The highest BCUT2D eigenvalue weighted by Crippen LogP contribution is 2.32. The normalized spacial score (nSPS) is 14.6. The number of hydrogen-bond acceptors (Lipinski definition) is 3. The van der Waals surface area contributed by atoms with Crippen molar-refractivity contribution in [2.75, 3.05) is 13.1 Å². The van der Waals surface area contributed by atoms with E-state index >= 15 is 0 Å². The molecule has 0 bridgehead atoms. The van der Waals surface area contributed by atoms with E-state index in [-0.39, 0.29) is 23.9 Å². The summed E-state index contributed by atoms with van der Waals surface area (Å²) < 4.78 is 39.1. The maximum absolute atomic E-state index is 13.0. The molecule has 2 aromatic carbocycles. The molecule has 0 saturated carbocycles. The lowest BCUT2D eigenvalue weighted by atomic mass is 9.89. The van der Waals surface area contributed by atoms with Gasteiger partial charge in [-0.15, -0.1) is 0 Å². The molecule has 2 atom stereocenters. The zero-order chi connectivity index (χ0) is 22.4. The largest absolute Gasteiger partial charge is 0.416 e. The van der Waals surface area contributed by atoms with Crippen LogP contribution in [0.5, 0.6) is 0 Å². The molecule has 2 rings (SSSR count). The Kier molecular flexibility index (Phi) is 7.61. The molecule has 8 heteroatoms. The summed E-state index contributed by atoms with van der Waals surface area (Å²) in [6.07, 6.45) is -3.74. The van der Waals surface area contributed by atoms with E-state index in [1.54, 1.807) is 0 Å². The molecular formula is C22H26F3N3O2. The van der Waals surface area contributed by atoms with Gasteiger partial charge in [0, 0.05) is 12.5 Å². The van der Waals surface area contributed by atoms with Gasteiger partial charge < -0.3 is 11.1 Å². The third kappa shape index (κ3) is 5.82. The molecule has 0 aromatic heterocycles. The first-order valence-corrected chi connectivity index (χ1v) is 9.62. The Bertz CT molecular complexity index is 871. The molecule has 2 amide bonds. The van der Waals surface area contributed by atoms with Crippen molar-refractivity contribution >= 4 is 11.8 Å². The van der Waals surface area contributed by atoms with Crippen molar-refractivity contribution in [2.24, 2.45) is 5.73 Å². The fourth-order valence-electron chi connectivity index (χ4n) is 3.12. The Labute approximate surface area is 173 Å². The monoisotopic (exact) mass is 421 g/mol. The van der Waals surface area contributed by atoms with E-state index in [0.717, 1.165) is 24.1 Å². The summed E-state index contributed by atoms with van der Waals surface area (Å²) in [7, 11) is 0. The van der Waals surface area contributed by atoms with Crippen LogP contribution in [-0.4, -0.2) is 24.9 Å². The molecule has 4 N–H and O–H groups in total. The van der Waals surface area contributed by atoms with Gasteiger partial charge in [-0.25, -0.2) is 0 Å². The van der Waals surface area contributed by atoms with Crippen molar-refractivity contribution in [2.45, 2.75) is 37.9 Å². The van der Waals surface area contributed by atoms with Crippen LogP contribution in [0.4, 0.5) is 13.2 Å². The third-order valence-corrected chi connectivity index (χ3v) is 5.17. The first-order valence-electron chi connectivity index (χ1n) is 9.62. The minimum absolute atomic E-state index is 0.0355. The van der Waals surface area contributed by atoms with Crippen LogP contribution in [-0.2, 0) is 21.3 Å². The average molecular weight is 421 g/mol. The minimum Gasteiger partial charge on any atom is -0.368 e. The summed E-state index contributed by atoms with van der Waals surface area (Å²) >= 11 is 0. The highest BCUT2D eigenvalue weighted by Gasteiger charge is 2.37. The second kappa shape index (κ2) is 9.75. The summed E-state index contributed by atoms with van der Waals surface area (Å²) in [5.41, 5.74) is 4.05. The number of nitrogens with one attached hydrogen (secondary N) is 2. The van der Waals surface area contributed by atoms with Crippen LogP contribution in [0, 0.1) is 0 Å². The van der Waals surface area contributed by atoms with Crippen molar-refractivity contribution in [1.29, 1.82) is 0 Å². The first-order chi connectivity index (χ1) is 14.1. The second-order valence-electron chi connectivity index (χ2n) is 7.24. The quantitative estimate of drug-likeness (QED) is 0.581.